The van der Waals surface area contributed by atoms with Gasteiger partial charge in [-0.05, 0) is 32.9 Å². The average molecular weight is 341 g/mol. The number of nitrogens with zero attached hydrogens (tertiary/aromatic N) is 2. The average Bonchev–Trinajstić information content (AvgIpc) is 3.04. The Morgan fingerprint density at radius 2 is 2.08 bits per heavy atom. The molecular formula is C19H23N3O3. The van der Waals surface area contributed by atoms with E-state index in [1.165, 1.54) is 6.26 Å². The fraction of sp³-hybridized carbons (Fsp3) is 0.474. The molecule has 0 radical (unpaired) electrons. The Morgan fingerprint density at radius 3 is 2.80 bits per heavy atom. The molecule has 1 spiro atoms. The van der Waals surface area contributed by atoms with Crippen molar-refractivity contribution in [1.29, 1.82) is 0 Å². The Bertz CT molecular complexity index is 778. The van der Waals surface area contributed by atoms with Crippen molar-refractivity contribution in [2.75, 3.05) is 20.1 Å². The highest BCUT2D eigenvalue weighted by atomic mass is 16.5. The second-order valence-electron chi connectivity index (χ2n) is 7.17. The number of nitrogens with one attached hydrogen (secondary N) is 1. The highest BCUT2D eigenvalue weighted by molar-refractivity contribution is 5.95. The van der Waals surface area contributed by atoms with Crippen molar-refractivity contribution in [3.63, 3.8) is 0 Å². The summed E-state index contributed by atoms with van der Waals surface area (Å²) in [6.45, 7) is 3.79. The predicted octanol–water partition coefficient (Wildman–Crippen LogP) is 2.70. The monoisotopic (exact) mass is 341 g/mol. The number of aryl methyl sites for hydroxylation is 1. The van der Waals surface area contributed by atoms with Crippen LogP contribution in [-0.4, -0.2) is 41.7 Å². The van der Waals surface area contributed by atoms with E-state index < -0.39 is 0 Å². The number of hydrogen-bond donors (Lipinski definition) is 1. The molecule has 2 aromatic rings. The Labute approximate surface area is 147 Å². The Hall–Kier alpha value is -2.34. The SMILES string of the molecule is Cc1nocc1C(=O)N[C@@H]1CC2(CCN(C)CC2)Oc2ccccc21. The molecule has 0 bridgehead atoms. The van der Waals surface area contributed by atoms with Crippen molar-refractivity contribution in [2.45, 2.75) is 37.8 Å². The number of piperidine rings is 1. The van der Waals surface area contributed by atoms with Gasteiger partial charge < -0.3 is 19.5 Å². The van der Waals surface area contributed by atoms with E-state index in [2.05, 4.69) is 22.4 Å². The topological polar surface area (TPSA) is 67.6 Å². The zero-order valence-corrected chi connectivity index (χ0v) is 14.6. The van der Waals surface area contributed by atoms with Crippen LogP contribution in [0.4, 0.5) is 0 Å². The minimum atomic E-state index is -0.206. The van der Waals surface area contributed by atoms with Crippen LogP contribution in [0.3, 0.4) is 0 Å². The zero-order chi connectivity index (χ0) is 17.4. The molecule has 1 aromatic heterocycles. The molecule has 1 N–H and O–H groups in total. The summed E-state index contributed by atoms with van der Waals surface area (Å²) in [5, 5.41) is 6.97. The van der Waals surface area contributed by atoms with Crippen LogP contribution < -0.4 is 10.1 Å². The number of rotatable bonds is 2. The van der Waals surface area contributed by atoms with Crippen LogP contribution in [0, 0.1) is 6.92 Å². The lowest BCUT2D eigenvalue weighted by molar-refractivity contribution is -0.0195. The van der Waals surface area contributed by atoms with Crippen LogP contribution in [0.2, 0.25) is 0 Å². The molecule has 132 valence electrons. The fourth-order valence-electron chi connectivity index (χ4n) is 3.83. The third-order valence-corrected chi connectivity index (χ3v) is 5.40. The number of fused-ring (bicyclic) bond motifs is 1. The summed E-state index contributed by atoms with van der Waals surface area (Å²) >= 11 is 0. The second kappa shape index (κ2) is 6.19. The molecule has 1 atom stereocenters. The van der Waals surface area contributed by atoms with Gasteiger partial charge in [0.25, 0.3) is 5.91 Å². The van der Waals surface area contributed by atoms with Gasteiger partial charge in [-0.15, -0.1) is 0 Å². The molecule has 0 aliphatic carbocycles. The van der Waals surface area contributed by atoms with Crippen molar-refractivity contribution in [2.24, 2.45) is 0 Å². The molecule has 25 heavy (non-hydrogen) atoms. The number of aromatic nitrogens is 1. The van der Waals surface area contributed by atoms with Crippen molar-refractivity contribution < 1.29 is 14.1 Å². The van der Waals surface area contributed by atoms with Crippen LogP contribution in [0.5, 0.6) is 5.75 Å². The summed E-state index contributed by atoms with van der Waals surface area (Å²) in [4.78, 5) is 15.0. The normalized spacial score (nSPS) is 22.2. The predicted molar refractivity (Wildman–Crippen MR) is 92.6 cm³/mol. The van der Waals surface area contributed by atoms with Gasteiger partial charge in [0, 0.05) is 25.1 Å². The largest absolute Gasteiger partial charge is 0.487 e. The summed E-state index contributed by atoms with van der Waals surface area (Å²) in [5.41, 5.74) is 1.92. The van der Waals surface area contributed by atoms with Crippen molar-refractivity contribution in [1.82, 2.24) is 15.4 Å². The third-order valence-electron chi connectivity index (χ3n) is 5.40. The van der Waals surface area contributed by atoms with Gasteiger partial charge in [-0.3, -0.25) is 4.79 Å². The van der Waals surface area contributed by atoms with Gasteiger partial charge in [-0.1, -0.05) is 23.4 Å². The summed E-state index contributed by atoms with van der Waals surface area (Å²) in [7, 11) is 2.14. The van der Waals surface area contributed by atoms with E-state index >= 15 is 0 Å². The number of hydrogen-bond acceptors (Lipinski definition) is 5. The summed E-state index contributed by atoms with van der Waals surface area (Å²) in [6.07, 6.45) is 4.13. The standard InChI is InChI=1S/C19H23N3O3/c1-13-15(12-24-21-13)18(23)20-16-11-19(7-9-22(2)10-8-19)25-17-6-4-3-5-14(16)17/h3-6,12,16H,7-11H2,1-2H3,(H,20,23)/t16-/m1/s1. The molecule has 3 heterocycles. The van der Waals surface area contributed by atoms with E-state index in [-0.39, 0.29) is 17.6 Å². The van der Waals surface area contributed by atoms with Gasteiger partial charge >= 0.3 is 0 Å². The highest BCUT2D eigenvalue weighted by Crippen LogP contribution is 2.44. The number of amides is 1. The second-order valence-corrected chi connectivity index (χ2v) is 7.17. The van der Waals surface area contributed by atoms with Crippen molar-refractivity contribution in [3.8, 4) is 5.75 Å². The minimum Gasteiger partial charge on any atom is -0.487 e. The lowest BCUT2D eigenvalue weighted by atomic mass is 9.80. The van der Waals surface area contributed by atoms with Gasteiger partial charge in [-0.25, -0.2) is 0 Å². The van der Waals surface area contributed by atoms with Gasteiger partial charge in [0.05, 0.1) is 11.7 Å². The molecule has 1 amide bonds. The van der Waals surface area contributed by atoms with Crippen molar-refractivity contribution in [3.05, 3.63) is 47.3 Å². The summed E-state index contributed by atoms with van der Waals surface area (Å²) < 4.78 is 11.3. The third kappa shape index (κ3) is 3.02. The molecule has 4 rings (SSSR count). The Balaban J connectivity index is 1.61. The molecule has 1 saturated heterocycles. The first-order chi connectivity index (χ1) is 12.1. The number of benzene rings is 1. The lowest BCUT2D eigenvalue weighted by Crippen LogP contribution is -2.51. The molecule has 2 aliphatic rings. The van der Waals surface area contributed by atoms with Crippen LogP contribution in [0.25, 0.3) is 0 Å². The van der Waals surface area contributed by atoms with E-state index in [0.717, 1.165) is 43.7 Å². The minimum absolute atomic E-state index is 0.0739. The van der Waals surface area contributed by atoms with Gasteiger partial charge in [0.1, 0.15) is 23.2 Å². The molecule has 1 fully saturated rings. The summed E-state index contributed by atoms with van der Waals surface area (Å²) in [5.74, 6) is 0.731. The summed E-state index contributed by atoms with van der Waals surface area (Å²) in [6, 6.07) is 7.92. The molecular weight excluding hydrogens is 318 g/mol. The van der Waals surface area contributed by atoms with Crippen molar-refractivity contribution >= 4 is 5.91 Å². The zero-order valence-electron chi connectivity index (χ0n) is 14.6. The molecule has 2 aliphatic heterocycles. The smallest absolute Gasteiger partial charge is 0.256 e. The fourth-order valence-corrected chi connectivity index (χ4v) is 3.83. The number of likely N-dealkylation sites (tertiary alicyclic amines) is 1. The van der Waals surface area contributed by atoms with Crippen LogP contribution in [0.15, 0.2) is 35.1 Å². The van der Waals surface area contributed by atoms with Gasteiger partial charge in [-0.2, -0.15) is 0 Å². The van der Waals surface area contributed by atoms with E-state index in [0.29, 0.717) is 11.3 Å². The number of carbonyl (C=O) groups is 1. The number of carbonyl (C=O) groups excluding carboxylic acids is 1. The quantitative estimate of drug-likeness (QED) is 0.910. The van der Waals surface area contributed by atoms with Crippen LogP contribution >= 0.6 is 0 Å². The lowest BCUT2D eigenvalue weighted by Gasteiger charge is -2.46. The van der Waals surface area contributed by atoms with Crippen LogP contribution in [0.1, 0.15) is 46.9 Å². The first-order valence-electron chi connectivity index (χ1n) is 8.75. The molecule has 6 heteroatoms. The Kier molecular flexibility index (Phi) is 4.00. The van der Waals surface area contributed by atoms with Crippen LogP contribution in [-0.2, 0) is 0 Å². The maximum Gasteiger partial charge on any atom is 0.256 e. The van der Waals surface area contributed by atoms with E-state index in [1.807, 2.05) is 24.3 Å². The number of para-hydroxylation sites is 1. The maximum absolute atomic E-state index is 12.7. The molecule has 0 unspecified atom stereocenters. The molecule has 0 saturated carbocycles. The van der Waals surface area contributed by atoms with E-state index in [9.17, 15) is 4.79 Å². The van der Waals surface area contributed by atoms with E-state index in [4.69, 9.17) is 9.26 Å². The maximum atomic E-state index is 12.7. The number of ether oxygens (including phenoxy) is 1. The first-order valence-corrected chi connectivity index (χ1v) is 8.75. The first kappa shape index (κ1) is 16.1. The van der Waals surface area contributed by atoms with E-state index in [1.54, 1.807) is 6.92 Å². The van der Waals surface area contributed by atoms with Gasteiger partial charge in [0.15, 0.2) is 0 Å². The Morgan fingerprint density at radius 1 is 1.32 bits per heavy atom. The highest BCUT2D eigenvalue weighted by Gasteiger charge is 2.43. The molecule has 6 nitrogen and oxygen atoms in total. The van der Waals surface area contributed by atoms with Gasteiger partial charge in [0.2, 0.25) is 0 Å². The molecule has 1 aromatic carbocycles.